The van der Waals surface area contributed by atoms with Crippen LogP contribution in [0.4, 0.5) is 10.2 Å². The van der Waals surface area contributed by atoms with Crippen molar-refractivity contribution in [2.45, 2.75) is 26.3 Å². The van der Waals surface area contributed by atoms with Crippen LogP contribution < -0.4 is 10.2 Å². The topological polar surface area (TPSA) is 58.4 Å². The molecule has 1 saturated heterocycles. The zero-order valence-electron chi connectivity index (χ0n) is 17.9. The number of nitrogens with one attached hydrogen (secondary N) is 1. The van der Waals surface area contributed by atoms with Crippen molar-refractivity contribution in [3.63, 3.8) is 0 Å². The number of rotatable bonds is 3. The maximum atomic E-state index is 13.6. The maximum Gasteiger partial charge on any atom is 0.158 e. The van der Waals surface area contributed by atoms with Crippen LogP contribution in [0.15, 0.2) is 54.9 Å². The zero-order chi connectivity index (χ0) is 21.6. The van der Waals surface area contributed by atoms with Gasteiger partial charge in [0, 0.05) is 48.7 Å². The smallest absolute Gasteiger partial charge is 0.158 e. The summed E-state index contributed by atoms with van der Waals surface area (Å²) >= 11 is 0. The number of hydrogen-bond donors (Lipinski definition) is 1. The predicted octanol–water partition coefficient (Wildman–Crippen LogP) is 4.09. The summed E-state index contributed by atoms with van der Waals surface area (Å²) in [5.41, 5.74) is 5.33. The Labute approximate surface area is 180 Å². The first kappa shape index (κ1) is 19.6. The van der Waals surface area contributed by atoms with Gasteiger partial charge in [-0.25, -0.2) is 13.9 Å². The lowest BCUT2D eigenvalue weighted by molar-refractivity contribution is 0.351. The lowest BCUT2D eigenvalue weighted by atomic mass is 10.0. The summed E-state index contributed by atoms with van der Waals surface area (Å²) in [6.07, 6.45) is 3.53. The molecule has 0 amide bonds. The number of fused-ring (bicyclic) bond motifs is 1. The fourth-order valence-electron chi connectivity index (χ4n) is 4.22. The van der Waals surface area contributed by atoms with Gasteiger partial charge in [0.1, 0.15) is 17.3 Å². The monoisotopic (exact) mass is 416 g/mol. The molecule has 3 aromatic heterocycles. The number of pyridine rings is 1. The number of halogens is 1. The third-order valence-corrected chi connectivity index (χ3v) is 5.72. The van der Waals surface area contributed by atoms with Gasteiger partial charge in [-0.05, 0) is 68.8 Å². The number of piperazine rings is 1. The summed E-state index contributed by atoms with van der Waals surface area (Å²) in [6.45, 7) is 9.15. The van der Waals surface area contributed by atoms with Gasteiger partial charge in [-0.3, -0.25) is 4.98 Å². The summed E-state index contributed by atoms with van der Waals surface area (Å²) in [4.78, 5) is 11.4. The van der Waals surface area contributed by atoms with Crippen LogP contribution in [0.1, 0.15) is 19.4 Å². The number of anilines is 1. The first-order valence-electron chi connectivity index (χ1n) is 10.5. The van der Waals surface area contributed by atoms with Crippen molar-refractivity contribution in [3.05, 3.63) is 66.2 Å². The van der Waals surface area contributed by atoms with Gasteiger partial charge in [-0.2, -0.15) is 0 Å². The van der Waals surface area contributed by atoms with Gasteiger partial charge in [-0.15, -0.1) is 5.10 Å². The van der Waals surface area contributed by atoms with Gasteiger partial charge in [-0.1, -0.05) is 0 Å². The minimum atomic E-state index is -0.268. The van der Waals surface area contributed by atoms with Crippen molar-refractivity contribution in [1.29, 1.82) is 0 Å². The minimum Gasteiger partial charge on any atom is -0.352 e. The Hall–Kier alpha value is -3.32. The molecule has 1 aliphatic heterocycles. The highest BCUT2D eigenvalue weighted by atomic mass is 19.1. The van der Waals surface area contributed by atoms with Crippen LogP contribution in [0, 0.1) is 12.7 Å². The Balaban J connectivity index is 1.73. The predicted molar refractivity (Wildman–Crippen MR) is 121 cm³/mol. The van der Waals surface area contributed by atoms with E-state index in [0.29, 0.717) is 0 Å². The summed E-state index contributed by atoms with van der Waals surface area (Å²) in [5.74, 6) is 0.661. The molecule has 158 valence electrons. The van der Waals surface area contributed by atoms with Crippen molar-refractivity contribution in [1.82, 2.24) is 24.9 Å². The van der Waals surface area contributed by atoms with E-state index in [9.17, 15) is 4.39 Å². The number of aryl methyl sites for hydroxylation is 1. The maximum absolute atomic E-state index is 13.6. The molecule has 0 saturated carbocycles. The molecule has 31 heavy (non-hydrogen) atoms. The Morgan fingerprint density at radius 2 is 1.77 bits per heavy atom. The van der Waals surface area contributed by atoms with Crippen LogP contribution in [-0.2, 0) is 0 Å². The molecule has 6 nitrogen and oxygen atoms in total. The fourth-order valence-corrected chi connectivity index (χ4v) is 4.22. The number of imidazole rings is 1. The SMILES string of the molecule is Cc1cc(N2CCNC(C)(C)C2)nn2c(-c3ccncc3)c(-c3ccc(F)cc3)nc12. The van der Waals surface area contributed by atoms with Crippen molar-refractivity contribution in [3.8, 4) is 22.5 Å². The van der Waals surface area contributed by atoms with Crippen molar-refractivity contribution in [2.75, 3.05) is 24.5 Å². The zero-order valence-corrected chi connectivity index (χ0v) is 17.9. The van der Waals surface area contributed by atoms with Crippen LogP contribution >= 0.6 is 0 Å². The van der Waals surface area contributed by atoms with Gasteiger partial charge in [0.15, 0.2) is 5.65 Å². The summed E-state index contributed by atoms with van der Waals surface area (Å²) in [5, 5.41) is 8.57. The average Bonchev–Trinajstić information content (AvgIpc) is 3.14. The lowest BCUT2D eigenvalue weighted by Crippen LogP contribution is -2.57. The van der Waals surface area contributed by atoms with E-state index >= 15 is 0 Å². The molecule has 1 N–H and O–H groups in total. The van der Waals surface area contributed by atoms with Crippen molar-refractivity contribution >= 4 is 11.5 Å². The quantitative estimate of drug-likeness (QED) is 0.545. The number of nitrogens with zero attached hydrogens (tertiary/aromatic N) is 5. The fraction of sp³-hybridized carbons (Fsp3) is 0.292. The lowest BCUT2D eigenvalue weighted by Gasteiger charge is -2.39. The van der Waals surface area contributed by atoms with Gasteiger partial charge in [0.25, 0.3) is 0 Å². The van der Waals surface area contributed by atoms with E-state index in [4.69, 9.17) is 10.1 Å². The summed E-state index contributed by atoms with van der Waals surface area (Å²) in [7, 11) is 0. The molecule has 5 rings (SSSR count). The molecule has 0 atom stereocenters. The van der Waals surface area contributed by atoms with Crippen LogP contribution in [0.25, 0.3) is 28.2 Å². The number of aromatic nitrogens is 4. The largest absolute Gasteiger partial charge is 0.352 e. The van der Waals surface area contributed by atoms with Gasteiger partial charge >= 0.3 is 0 Å². The molecular weight excluding hydrogens is 391 g/mol. The molecular formula is C24H25FN6. The molecule has 0 bridgehead atoms. The minimum absolute atomic E-state index is 0.0188. The van der Waals surface area contributed by atoms with E-state index in [1.807, 2.05) is 16.6 Å². The Morgan fingerprint density at radius 3 is 2.48 bits per heavy atom. The van der Waals surface area contributed by atoms with Crippen LogP contribution in [0.2, 0.25) is 0 Å². The molecule has 1 aliphatic rings. The van der Waals surface area contributed by atoms with E-state index in [1.54, 1.807) is 24.5 Å². The van der Waals surface area contributed by atoms with Gasteiger partial charge < -0.3 is 10.2 Å². The second kappa shape index (κ2) is 7.42. The number of benzene rings is 1. The molecule has 7 heteroatoms. The Kier molecular flexibility index (Phi) is 4.70. The second-order valence-corrected chi connectivity index (χ2v) is 8.70. The van der Waals surface area contributed by atoms with E-state index < -0.39 is 0 Å². The Bertz CT molecular complexity index is 1230. The summed E-state index contributed by atoms with van der Waals surface area (Å²) < 4.78 is 15.5. The van der Waals surface area contributed by atoms with E-state index in [1.165, 1.54) is 12.1 Å². The highest BCUT2D eigenvalue weighted by Gasteiger charge is 2.28. The molecule has 1 fully saturated rings. The highest BCUT2D eigenvalue weighted by molar-refractivity contribution is 5.82. The van der Waals surface area contributed by atoms with Crippen LogP contribution in [-0.4, -0.2) is 44.8 Å². The van der Waals surface area contributed by atoms with Crippen molar-refractivity contribution in [2.24, 2.45) is 0 Å². The normalized spacial score (nSPS) is 16.1. The van der Waals surface area contributed by atoms with E-state index in [0.717, 1.165) is 59.2 Å². The number of hydrogen-bond acceptors (Lipinski definition) is 5. The van der Waals surface area contributed by atoms with Crippen LogP contribution in [0.3, 0.4) is 0 Å². The first-order chi connectivity index (χ1) is 14.9. The average molecular weight is 417 g/mol. The van der Waals surface area contributed by atoms with E-state index in [2.05, 4.69) is 42.0 Å². The standard InChI is InChI=1S/C24H25FN6/c1-16-14-20(30-13-12-27-24(2,3)15-30)29-31-22(18-8-10-26-11-9-18)21(28-23(16)31)17-4-6-19(25)7-5-17/h4-11,14,27H,12-13,15H2,1-3H3. The summed E-state index contributed by atoms with van der Waals surface area (Å²) in [6, 6.07) is 12.5. The van der Waals surface area contributed by atoms with E-state index in [-0.39, 0.29) is 11.4 Å². The third kappa shape index (κ3) is 3.65. The molecule has 4 heterocycles. The van der Waals surface area contributed by atoms with Crippen LogP contribution in [0.5, 0.6) is 0 Å². The van der Waals surface area contributed by atoms with Gasteiger partial charge in [0.2, 0.25) is 0 Å². The molecule has 0 unspecified atom stereocenters. The first-order valence-corrected chi connectivity index (χ1v) is 10.5. The molecule has 1 aromatic carbocycles. The molecule has 0 spiro atoms. The Morgan fingerprint density at radius 1 is 1.03 bits per heavy atom. The van der Waals surface area contributed by atoms with Gasteiger partial charge in [0.05, 0.1) is 5.69 Å². The van der Waals surface area contributed by atoms with Crippen molar-refractivity contribution < 1.29 is 4.39 Å². The molecule has 4 aromatic rings. The highest BCUT2D eigenvalue weighted by Crippen LogP contribution is 2.34. The molecule has 0 aliphatic carbocycles. The second-order valence-electron chi connectivity index (χ2n) is 8.70. The third-order valence-electron chi connectivity index (χ3n) is 5.72. The molecule has 0 radical (unpaired) electrons.